The van der Waals surface area contributed by atoms with Crippen molar-refractivity contribution in [2.24, 2.45) is 0 Å². The number of para-hydroxylation sites is 2. The first-order valence-electron chi connectivity index (χ1n) is 5.36. The van der Waals surface area contributed by atoms with Crippen molar-refractivity contribution in [3.63, 3.8) is 0 Å². The number of hydrogen-bond donors (Lipinski definition) is 2. The van der Waals surface area contributed by atoms with Crippen molar-refractivity contribution in [2.45, 2.75) is 6.54 Å². The third kappa shape index (κ3) is 2.98. The van der Waals surface area contributed by atoms with Crippen molar-refractivity contribution in [2.75, 3.05) is 17.2 Å². The monoisotopic (exact) mass is 263 g/mol. The van der Waals surface area contributed by atoms with Gasteiger partial charge in [-0.1, -0.05) is 12.1 Å². The SMILES string of the molecule is Nc1ccccc1N(CC(=O)O)Cc1nccs1. The summed E-state index contributed by atoms with van der Waals surface area (Å²) in [4.78, 5) is 16.8. The van der Waals surface area contributed by atoms with Crippen LogP contribution in [0.4, 0.5) is 11.4 Å². The summed E-state index contributed by atoms with van der Waals surface area (Å²) < 4.78 is 0. The molecule has 1 aromatic heterocycles. The lowest BCUT2D eigenvalue weighted by atomic mass is 10.2. The number of aliphatic carboxylic acids is 1. The van der Waals surface area contributed by atoms with Gasteiger partial charge in [-0.15, -0.1) is 11.3 Å². The van der Waals surface area contributed by atoms with Gasteiger partial charge in [0.2, 0.25) is 0 Å². The van der Waals surface area contributed by atoms with Crippen LogP contribution in [0.5, 0.6) is 0 Å². The Morgan fingerprint density at radius 1 is 1.44 bits per heavy atom. The van der Waals surface area contributed by atoms with Crippen molar-refractivity contribution >= 4 is 28.7 Å². The highest BCUT2D eigenvalue weighted by atomic mass is 32.1. The molecule has 0 aliphatic heterocycles. The number of carboxylic acid groups (broad SMARTS) is 1. The zero-order chi connectivity index (χ0) is 13.0. The molecule has 0 radical (unpaired) electrons. The van der Waals surface area contributed by atoms with Crippen molar-refractivity contribution in [1.82, 2.24) is 4.98 Å². The molecule has 2 aromatic rings. The van der Waals surface area contributed by atoms with Crippen LogP contribution in [0.3, 0.4) is 0 Å². The molecular weight excluding hydrogens is 250 g/mol. The van der Waals surface area contributed by atoms with Gasteiger partial charge in [-0.25, -0.2) is 4.98 Å². The first-order valence-corrected chi connectivity index (χ1v) is 6.24. The molecule has 0 aliphatic carbocycles. The van der Waals surface area contributed by atoms with E-state index in [4.69, 9.17) is 10.8 Å². The fraction of sp³-hybridized carbons (Fsp3) is 0.167. The van der Waals surface area contributed by atoms with E-state index in [-0.39, 0.29) is 6.54 Å². The molecular formula is C12H13N3O2S. The quantitative estimate of drug-likeness (QED) is 0.804. The molecule has 0 fully saturated rings. The molecule has 0 saturated carbocycles. The largest absolute Gasteiger partial charge is 0.480 e. The third-order valence-electron chi connectivity index (χ3n) is 2.41. The van der Waals surface area contributed by atoms with Gasteiger partial charge in [0.1, 0.15) is 11.6 Å². The summed E-state index contributed by atoms with van der Waals surface area (Å²) in [5.41, 5.74) is 7.16. The van der Waals surface area contributed by atoms with Crippen LogP contribution < -0.4 is 10.6 Å². The fourth-order valence-electron chi connectivity index (χ4n) is 1.66. The second-order valence-electron chi connectivity index (χ2n) is 3.73. The molecule has 1 aromatic carbocycles. The standard InChI is InChI=1S/C12H13N3O2S/c13-9-3-1-2-4-10(9)15(8-12(16)17)7-11-14-5-6-18-11/h1-6H,7-8,13H2,(H,16,17). The fourth-order valence-corrected chi connectivity index (χ4v) is 2.29. The Balaban J connectivity index is 2.25. The Kier molecular flexibility index (Phi) is 3.78. The van der Waals surface area contributed by atoms with Crippen LogP contribution in [0.1, 0.15) is 5.01 Å². The predicted octanol–water partition coefficient (Wildman–Crippen LogP) is 1.82. The van der Waals surface area contributed by atoms with Gasteiger partial charge in [-0.3, -0.25) is 4.79 Å². The maximum atomic E-state index is 10.9. The molecule has 18 heavy (non-hydrogen) atoms. The first-order chi connectivity index (χ1) is 8.66. The lowest BCUT2D eigenvalue weighted by molar-refractivity contribution is -0.135. The van der Waals surface area contributed by atoms with E-state index in [9.17, 15) is 4.79 Å². The van der Waals surface area contributed by atoms with Crippen molar-refractivity contribution in [3.05, 3.63) is 40.8 Å². The second-order valence-corrected chi connectivity index (χ2v) is 4.71. The number of nitrogen functional groups attached to an aromatic ring is 1. The average molecular weight is 263 g/mol. The molecule has 94 valence electrons. The van der Waals surface area contributed by atoms with E-state index >= 15 is 0 Å². The molecule has 0 spiro atoms. The van der Waals surface area contributed by atoms with Crippen LogP contribution >= 0.6 is 11.3 Å². The van der Waals surface area contributed by atoms with E-state index in [1.807, 2.05) is 23.6 Å². The minimum Gasteiger partial charge on any atom is -0.480 e. The van der Waals surface area contributed by atoms with Gasteiger partial charge in [0.05, 0.1) is 17.9 Å². The Bertz CT molecular complexity index is 528. The molecule has 1 heterocycles. The van der Waals surface area contributed by atoms with E-state index < -0.39 is 5.97 Å². The topological polar surface area (TPSA) is 79.5 Å². The van der Waals surface area contributed by atoms with Gasteiger partial charge < -0.3 is 15.7 Å². The maximum Gasteiger partial charge on any atom is 0.323 e. The normalized spacial score (nSPS) is 10.2. The summed E-state index contributed by atoms with van der Waals surface area (Å²) in [6.07, 6.45) is 1.70. The number of rotatable bonds is 5. The van der Waals surface area contributed by atoms with E-state index in [1.54, 1.807) is 17.2 Å². The molecule has 5 nitrogen and oxygen atoms in total. The summed E-state index contributed by atoms with van der Waals surface area (Å²) in [6, 6.07) is 7.22. The minimum absolute atomic E-state index is 0.103. The minimum atomic E-state index is -0.894. The number of nitrogens with two attached hydrogens (primary N) is 1. The molecule has 0 bridgehead atoms. The van der Waals surface area contributed by atoms with Crippen LogP contribution in [-0.4, -0.2) is 22.6 Å². The highest BCUT2D eigenvalue weighted by molar-refractivity contribution is 7.09. The summed E-state index contributed by atoms with van der Waals surface area (Å²) in [5, 5.41) is 11.7. The first kappa shape index (κ1) is 12.4. The smallest absolute Gasteiger partial charge is 0.323 e. The zero-order valence-corrected chi connectivity index (χ0v) is 10.4. The van der Waals surface area contributed by atoms with E-state index in [0.717, 1.165) is 10.7 Å². The summed E-state index contributed by atoms with van der Waals surface area (Å²) in [5.74, 6) is -0.894. The van der Waals surface area contributed by atoms with Crippen LogP contribution in [0.25, 0.3) is 0 Å². The summed E-state index contributed by atoms with van der Waals surface area (Å²) in [7, 11) is 0. The number of aromatic nitrogens is 1. The number of carboxylic acids is 1. The van der Waals surface area contributed by atoms with Gasteiger partial charge in [0.15, 0.2) is 0 Å². The number of anilines is 2. The Hall–Kier alpha value is -2.08. The molecule has 2 rings (SSSR count). The second kappa shape index (κ2) is 5.50. The Morgan fingerprint density at radius 2 is 2.22 bits per heavy atom. The average Bonchev–Trinajstić information content (AvgIpc) is 2.81. The molecule has 0 saturated heterocycles. The third-order valence-corrected chi connectivity index (χ3v) is 3.18. The molecule has 0 unspecified atom stereocenters. The molecule has 0 aliphatic rings. The predicted molar refractivity (Wildman–Crippen MR) is 71.7 cm³/mol. The Morgan fingerprint density at radius 3 is 2.83 bits per heavy atom. The molecule has 3 N–H and O–H groups in total. The zero-order valence-electron chi connectivity index (χ0n) is 9.61. The number of hydrogen-bond acceptors (Lipinski definition) is 5. The summed E-state index contributed by atoms with van der Waals surface area (Å²) >= 11 is 1.49. The lowest BCUT2D eigenvalue weighted by Gasteiger charge is -2.23. The number of nitrogens with zero attached hydrogens (tertiary/aromatic N) is 2. The van der Waals surface area contributed by atoms with E-state index in [0.29, 0.717) is 12.2 Å². The van der Waals surface area contributed by atoms with Gasteiger partial charge in [0.25, 0.3) is 0 Å². The molecule has 6 heteroatoms. The van der Waals surface area contributed by atoms with E-state index in [2.05, 4.69) is 4.98 Å². The highest BCUT2D eigenvalue weighted by Crippen LogP contribution is 2.24. The van der Waals surface area contributed by atoms with Gasteiger partial charge in [-0.05, 0) is 12.1 Å². The van der Waals surface area contributed by atoms with Crippen LogP contribution in [0, 0.1) is 0 Å². The maximum absolute atomic E-state index is 10.9. The van der Waals surface area contributed by atoms with Crippen LogP contribution in [0.2, 0.25) is 0 Å². The van der Waals surface area contributed by atoms with E-state index in [1.165, 1.54) is 11.3 Å². The Labute approximate surface area is 108 Å². The number of carbonyl (C=O) groups is 1. The molecule has 0 atom stereocenters. The van der Waals surface area contributed by atoms with Gasteiger partial charge in [0, 0.05) is 11.6 Å². The van der Waals surface area contributed by atoms with Gasteiger partial charge in [-0.2, -0.15) is 0 Å². The van der Waals surface area contributed by atoms with Crippen LogP contribution in [0.15, 0.2) is 35.8 Å². The van der Waals surface area contributed by atoms with Crippen LogP contribution in [-0.2, 0) is 11.3 Å². The molecule has 0 amide bonds. The number of thiazole rings is 1. The van der Waals surface area contributed by atoms with Crippen molar-refractivity contribution in [1.29, 1.82) is 0 Å². The van der Waals surface area contributed by atoms with Crippen molar-refractivity contribution in [3.8, 4) is 0 Å². The lowest BCUT2D eigenvalue weighted by Crippen LogP contribution is -2.29. The van der Waals surface area contributed by atoms with Crippen molar-refractivity contribution < 1.29 is 9.90 Å². The van der Waals surface area contributed by atoms with Gasteiger partial charge >= 0.3 is 5.97 Å². The number of benzene rings is 1. The highest BCUT2D eigenvalue weighted by Gasteiger charge is 2.14. The summed E-state index contributed by atoms with van der Waals surface area (Å²) in [6.45, 7) is 0.339.